The summed E-state index contributed by atoms with van der Waals surface area (Å²) in [5, 5.41) is 8.95. The van der Waals surface area contributed by atoms with E-state index in [0.717, 1.165) is 0 Å². The first kappa shape index (κ1) is 17.2. The minimum Gasteiger partial charge on any atom is -0.395 e. The second-order valence-electron chi connectivity index (χ2n) is 5.14. The average Bonchev–Trinajstić information content (AvgIpc) is 2.42. The van der Waals surface area contributed by atoms with Crippen molar-refractivity contribution in [3.63, 3.8) is 0 Å². The lowest BCUT2D eigenvalue weighted by atomic mass is 9.80. The predicted molar refractivity (Wildman–Crippen MR) is 67.0 cm³/mol. The SMILES string of the molecule is COCCN(CCO)C(=O)C1CCCC(C(F)(F)F)C1. The second-order valence-corrected chi connectivity index (χ2v) is 5.14. The standard InChI is InChI=1S/C13H22F3NO3/c1-20-8-6-17(5-7-18)12(19)10-3-2-4-11(9-10)13(14,15)16/h10-11,18H,2-9H2,1H3. The molecule has 2 atom stereocenters. The third-order valence-electron chi connectivity index (χ3n) is 3.73. The molecule has 1 aliphatic rings. The number of carbonyl (C=O) groups is 1. The molecule has 1 fully saturated rings. The highest BCUT2D eigenvalue weighted by Gasteiger charge is 2.44. The summed E-state index contributed by atoms with van der Waals surface area (Å²) in [6, 6.07) is 0. The molecule has 0 aliphatic heterocycles. The molecule has 0 bridgehead atoms. The summed E-state index contributed by atoms with van der Waals surface area (Å²) in [5.74, 6) is -2.28. The summed E-state index contributed by atoms with van der Waals surface area (Å²) >= 11 is 0. The van der Waals surface area contributed by atoms with Crippen LogP contribution in [0.4, 0.5) is 13.2 Å². The molecule has 0 radical (unpaired) electrons. The number of hydrogen-bond donors (Lipinski definition) is 1. The van der Waals surface area contributed by atoms with Gasteiger partial charge in [-0.15, -0.1) is 0 Å². The van der Waals surface area contributed by atoms with Gasteiger partial charge in [-0.25, -0.2) is 0 Å². The number of aliphatic hydroxyl groups excluding tert-OH is 1. The van der Waals surface area contributed by atoms with Crippen LogP contribution < -0.4 is 0 Å². The Morgan fingerprint density at radius 3 is 2.60 bits per heavy atom. The maximum absolute atomic E-state index is 12.7. The van der Waals surface area contributed by atoms with Gasteiger partial charge in [-0.3, -0.25) is 4.79 Å². The largest absolute Gasteiger partial charge is 0.395 e. The highest BCUT2D eigenvalue weighted by Crippen LogP contribution is 2.40. The molecule has 1 rings (SSSR count). The molecule has 20 heavy (non-hydrogen) atoms. The number of methoxy groups -OCH3 is 1. The van der Waals surface area contributed by atoms with E-state index in [1.54, 1.807) is 0 Å². The zero-order chi connectivity index (χ0) is 15.2. The van der Waals surface area contributed by atoms with Crippen LogP contribution in [0.25, 0.3) is 0 Å². The van der Waals surface area contributed by atoms with E-state index in [-0.39, 0.29) is 31.9 Å². The third-order valence-corrected chi connectivity index (χ3v) is 3.73. The zero-order valence-electron chi connectivity index (χ0n) is 11.7. The third kappa shape index (κ3) is 4.94. The van der Waals surface area contributed by atoms with Crippen molar-refractivity contribution in [1.82, 2.24) is 4.90 Å². The van der Waals surface area contributed by atoms with Crippen molar-refractivity contribution in [3.05, 3.63) is 0 Å². The lowest BCUT2D eigenvalue weighted by Gasteiger charge is -2.33. The molecule has 0 spiro atoms. The predicted octanol–water partition coefficient (Wildman–Crippen LogP) is 1.82. The van der Waals surface area contributed by atoms with E-state index in [9.17, 15) is 18.0 Å². The van der Waals surface area contributed by atoms with Crippen LogP contribution in [-0.2, 0) is 9.53 Å². The first-order valence-corrected chi connectivity index (χ1v) is 6.85. The van der Waals surface area contributed by atoms with Crippen molar-refractivity contribution in [2.45, 2.75) is 31.9 Å². The summed E-state index contributed by atoms with van der Waals surface area (Å²) in [6.45, 7) is 0.532. The van der Waals surface area contributed by atoms with Gasteiger partial charge >= 0.3 is 6.18 Å². The van der Waals surface area contributed by atoms with Crippen LogP contribution in [0.5, 0.6) is 0 Å². The molecule has 0 aromatic rings. The lowest BCUT2D eigenvalue weighted by Crippen LogP contribution is -2.42. The highest BCUT2D eigenvalue weighted by atomic mass is 19.4. The van der Waals surface area contributed by atoms with Crippen LogP contribution in [0, 0.1) is 11.8 Å². The Morgan fingerprint density at radius 1 is 1.35 bits per heavy atom. The monoisotopic (exact) mass is 297 g/mol. The second kappa shape index (κ2) is 7.83. The Labute approximate surface area is 116 Å². The van der Waals surface area contributed by atoms with Gasteiger partial charge in [-0.1, -0.05) is 6.42 Å². The summed E-state index contributed by atoms with van der Waals surface area (Å²) < 4.78 is 43.1. The number of ether oxygens (including phenoxy) is 1. The maximum Gasteiger partial charge on any atom is 0.391 e. The molecule has 4 nitrogen and oxygen atoms in total. The Bertz CT molecular complexity index is 310. The summed E-state index contributed by atoms with van der Waals surface area (Å²) in [4.78, 5) is 13.7. The van der Waals surface area contributed by atoms with Gasteiger partial charge in [0.2, 0.25) is 5.91 Å². The van der Waals surface area contributed by atoms with Gasteiger partial charge in [-0.2, -0.15) is 13.2 Å². The Balaban J connectivity index is 2.63. The summed E-state index contributed by atoms with van der Waals surface area (Å²) in [5.41, 5.74) is 0. The van der Waals surface area contributed by atoms with E-state index in [2.05, 4.69) is 0 Å². The van der Waals surface area contributed by atoms with Crippen LogP contribution in [-0.4, -0.2) is 55.5 Å². The van der Waals surface area contributed by atoms with Gasteiger partial charge in [-0.05, 0) is 19.3 Å². The van der Waals surface area contributed by atoms with Crippen molar-refractivity contribution in [3.8, 4) is 0 Å². The van der Waals surface area contributed by atoms with Gasteiger partial charge < -0.3 is 14.7 Å². The minimum atomic E-state index is -4.23. The molecule has 2 unspecified atom stereocenters. The first-order valence-electron chi connectivity index (χ1n) is 6.85. The maximum atomic E-state index is 12.7. The molecule has 0 aromatic heterocycles. The van der Waals surface area contributed by atoms with Gasteiger partial charge in [0.25, 0.3) is 0 Å². The Kier molecular flexibility index (Phi) is 6.75. The number of carbonyl (C=O) groups excluding carboxylic acids is 1. The van der Waals surface area contributed by atoms with E-state index in [1.807, 2.05) is 0 Å². The number of aliphatic hydroxyl groups is 1. The Morgan fingerprint density at radius 2 is 2.05 bits per heavy atom. The van der Waals surface area contributed by atoms with E-state index in [0.29, 0.717) is 26.0 Å². The van der Waals surface area contributed by atoms with Crippen molar-refractivity contribution in [2.75, 3.05) is 33.4 Å². The molecule has 118 valence electrons. The van der Waals surface area contributed by atoms with Crippen LogP contribution in [0.2, 0.25) is 0 Å². The van der Waals surface area contributed by atoms with Crippen LogP contribution >= 0.6 is 0 Å². The normalized spacial score (nSPS) is 23.6. The minimum absolute atomic E-state index is 0.103. The van der Waals surface area contributed by atoms with E-state index < -0.39 is 18.0 Å². The molecule has 1 N–H and O–H groups in total. The van der Waals surface area contributed by atoms with Crippen LogP contribution in [0.3, 0.4) is 0 Å². The number of rotatable bonds is 6. The molecule has 1 amide bonds. The lowest BCUT2D eigenvalue weighted by molar-refractivity contribution is -0.187. The number of amides is 1. The fourth-order valence-electron chi connectivity index (χ4n) is 2.62. The quantitative estimate of drug-likeness (QED) is 0.813. The van der Waals surface area contributed by atoms with Crippen molar-refractivity contribution in [1.29, 1.82) is 0 Å². The highest BCUT2D eigenvalue weighted by molar-refractivity contribution is 5.79. The first-order chi connectivity index (χ1) is 9.40. The Hall–Kier alpha value is -0.820. The van der Waals surface area contributed by atoms with Crippen molar-refractivity contribution >= 4 is 5.91 Å². The molecular formula is C13H22F3NO3. The van der Waals surface area contributed by atoms with Crippen molar-refractivity contribution in [2.24, 2.45) is 11.8 Å². The fourth-order valence-corrected chi connectivity index (χ4v) is 2.62. The summed E-state index contributed by atoms with van der Waals surface area (Å²) in [7, 11) is 1.49. The summed E-state index contributed by atoms with van der Waals surface area (Å²) in [6.07, 6.45) is -3.37. The number of halogens is 3. The molecule has 0 heterocycles. The molecule has 1 saturated carbocycles. The van der Waals surface area contributed by atoms with Crippen molar-refractivity contribution < 1.29 is 27.8 Å². The van der Waals surface area contributed by atoms with Gasteiger partial charge in [0.15, 0.2) is 0 Å². The number of hydrogen-bond acceptors (Lipinski definition) is 3. The van der Waals surface area contributed by atoms with E-state index in [1.165, 1.54) is 12.0 Å². The van der Waals surface area contributed by atoms with E-state index >= 15 is 0 Å². The zero-order valence-corrected chi connectivity index (χ0v) is 11.7. The van der Waals surface area contributed by atoms with Crippen LogP contribution in [0.1, 0.15) is 25.7 Å². The van der Waals surface area contributed by atoms with Gasteiger partial charge in [0.1, 0.15) is 0 Å². The van der Waals surface area contributed by atoms with Gasteiger partial charge in [0.05, 0.1) is 19.1 Å². The molecular weight excluding hydrogens is 275 g/mol. The van der Waals surface area contributed by atoms with Gasteiger partial charge in [0, 0.05) is 26.1 Å². The molecule has 0 saturated heterocycles. The fraction of sp³-hybridized carbons (Fsp3) is 0.923. The topological polar surface area (TPSA) is 49.8 Å². The number of alkyl halides is 3. The molecule has 1 aliphatic carbocycles. The van der Waals surface area contributed by atoms with Crippen LogP contribution in [0.15, 0.2) is 0 Å². The molecule has 7 heteroatoms. The molecule has 0 aromatic carbocycles. The van der Waals surface area contributed by atoms with E-state index in [4.69, 9.17) is 9.84 Å². The smallest absolute Gasteiger partial charge is 0.391 e. The average molecular weight is 297 g/mol. The number of nitrogens with zero attached hydrogens (tertiary/aromatic N) is 1.